The Morgan fingerprint density at radius 1 is 0.742 bits per heavy atom. The number of rotatable bonds is 12. The Morgan fingerprint density at radius 3 is 1.74 bits per heavy atom. The lowest BCUT2D eigenvalue weighted by Crippen LogP contribution is -2.10. The highest BCUT2D eigenvalue weighted by Crippen LogP contribution is 2.44. The molecule has 0 aliphatic rings. The van der Waals surface area contributed by atoms with Gasteiger partial charge in [-0.1, -0.05) is 79.7 Å². The number of fused-ring (bicyclic) bond motifs is 2. The van der Waals surface area contributed by atoms with Crippen molar-refractivity contribution in [3.63, 3.8) is 0 Å². The summed E-state index contributed by atoms with van der Waals surface area (Å²) in [5, 5.41) is 3.67. The van der Waals surface area contributed by atoms with Crippen molar-refractivity contribution in [1.82, 2.24) is 0 Å². The molecule has 3 aromatic carbocycles. The lowest BCUT2D eigenvalue weighted by atomic mass is 10.0. The van der Waals surface area contributed by atoms with Crippen molar-refractivity contribution in [2.24, 2.45) is 0 Å². The van der Waals surface area contributed by atoms with Crippen LogP contribution in [-0.2, 0) is 9.78 Å². The Kier molecular flexibility index (Phi) is 10.4. The molecule has 7 heteroatoms. The van der Waals surface area contributed by atoms with Gasteiger partial charge in [0.1, 0.15) is 0 Å². The molecule has 0 aromatic heterocycles. The molecule has 0 saturated heterocycles. The third-order valence-electron chi connectivity index (χ3n) is 4.93. The van der Waals surface area contributed by atoms with Crippen LogP contribution in [0.15, 0.2) is 46.9 Å². The largest absolute Gasteiger partial charge is 0.335 e. The third-order valence-corrected chi connectivity index (χ3v) is 7.08. The van der Waals surface area contributed by atoms with Crippen LogP contribution in [0.3, 0.4) is 0 Å². The monoisotopic (exact) mass is 712 g/mol. The minimum absolute atomic E-state index is 0.0144. The Bertz CT molecular complexity index is 998. The molecule has 31 heavy (non-hydrogen) atoms. The van der Waals surface area contributed by atoms with Gasteiger partial charge in [-0.05, 0) is 76.2 Å². The first kappa shape index (κ1) is 25.3. The van der Waals surface area contributed by atoms with Crippen molar-refractivity contribution < 1.29 is 19.6 Å². The minimum atomic E-state index is -0.0175. The van der Waals surface area contributed by atoms with Crippen LogP contribution in [0.1, 0.15) is 52.4 Å². The van der Waals surface area contributed by atoms with Gasteiger partial charge in [0.25, 0.3) is 0 Å². The molecule has 168 valence electrons. The van der Waals surface area contributed by atoms with Crippen LogP contribution in [0.2, 0.25) is 0 Å². The number of benzene rings is 3. The van der Waals surface area contributed by atoms with E-state index in [1.54, 1.807) is 0 Å². The maximum atomic E-state index is 5.95. The van der Waals surface area contributed by atoms with Gasteiger partial charge in [-0.3, -0.25) is 0 Å². The van der Waals surface area contributed by atoms with Crippen LogP contribution in [0.25, 0.3) is 21.5 Å². The molecule has 0 saturated carbocycles. The molecular weight excluding hydrogens is 686 g/mol. The second-order valence-corrected chi connectivity index (χ2v) is 11.1. The maximum absolute atomic E-state index is 5.95. The molecule has 3 aromatic rings. The minimum Gasteiger partial charge on any atom is -0.335 e. The summed E-state index contributed by atoms with van der Waals surface area (Å²) in [6.45, 7) is 4.35. The fourth-order valence-corrected chi connectivity index (χ4v) is 4.73. The average molecular weight is 713 g/mol. The molecule has 2 unspecified atom stereocenters. The summed E-state index contributed by atoms with van der Waals surface area (Å²) in [4.78, 5) is 23.4. The van der Waals surface area contributed by atoms with E-state index in [-0.39, 0.29) is 8.22 Å². The molecule has 3 rings (SSSR count). The van der Waals surface area contributed by atoms with Gasteiger partial charge in [-0.25, -0.2) is 0 Å². The van der Waals surface area contributed by atoms with Crippen molar-refractivity contribution in [1.29, 1.82) is 0 Å². The molecule has 2 atom stereocenters. The van der Waals surface area contributed by atoms with Gasteiger partial charge in [0.15, 0.2) is 19.7 Å². The standard InChI is InChI=1S/C24H27BrI2O4/c1-3-5-11-21(26)28-30-23-17-9-7-8-10-18(17)24(31-29-22(27)12-6-4-2)20-15-16(25)13-14-19(20)23/h7-10,13-15,21-22H,3-6,11-12H2,1-2H3. The van der Waals surface area contributed by atoms with Gasteiger partial charge in [0.2, 0.25) is 0 Å². The highest BCUT2D eigenvalue weighted by Gasteiger charge is 2.20. The number of hydrogen-bond acceptors (Lipinski definition) is 4. The highest BCUT2D eigenvalue weighted by molar-refractivity contribution is 14.1. The molecule has 0 spiro atoms. The second kappa shape index (κ2) is 12.8. The van der Waals surface area contributed by atoms with Gasteiger partial charge >= 0.3 is 0 Å². The summed E-state index contributed by atoms with van der Waals surface area (Å²) in [6, 6.07) is 14.1. The summed E-state index contributed by atoms with van der Waals surface area (Å²) in [7, 11) is 0. The molecule has 0 amide bonds. The number of alkyl halides is 2. The van der Waals surface area contributed by atoms with Crippen molar-refractivity contribution in [2.75, 3.05) is 0 Å². The number of unbranched alkanes of at least 4 members (excludes halogenated alkanes) is 2. The van der Waals surface area contributed by atoms with Crippen LogP contribution in [0.4, 0.5) is 0 Å². The first-order chi connectivity index (χ1) is 15.0. The topological polar surface area (TPSA) is 36.9 Å². The summed E-state index contributed by atoms with van der Waals surface area (Å²) >= 11 is 8.15. The van der Waals surface area contributed by atoms with Crippen LogP contribution >= 0.6 is 61.1 Å². The van der Waals surface area contributed by atoms with Crippen LogP contribution in [0, 0.1) is 0 Å². The van der Waals surface area contributed by atoms with Gasteiger partial charge in [-0.2, -0.15) is 9.78 Å². The van der Waals surface area contributed by atoms with Crippen LogP contribution in [0.5, 0.6) is 11.5 Å². The first-order valence-electron chi connectivity index (χ1n) is 10.6. The Labute approximate surface area is 219 Å². The summed E-state index contributed by atoms with van der Waals surface area (Å²) < 4.78 is 0.925. The van der Waals surface area contributed by atoms with E-state index >= 15 is 0 Å². The van der Waals surface area contributed by atoms with E-state index in [0.717, 1.165) is 64.5 Å². The molecule has 0 fully saturated rings. The summed E-state index contributed by atoms with van der Waals surface area (Å²) in [5.74, 6) is 1.38. The molecule has 0 heterocycles. The molecular formula is C24H27BrI2O4. The third kappa shape index (κ3) is 6.82. The average Bonchev–Trinajstić information content (AvgIpc) is 2.78. The van der Waals surface area contributed by atoms with Gasteiger partial charge < -0.3 is 9.78 Å². The first-order valence-corrected chi connectivity index (χ1v) is 13.9. The van der Waals surface area contributed by atoms with E-state index in [9.17, 15) is 0 Å². The Balaban J connectivity index is 2.01. The maximum Gasteiger partial charge on any atom is 0.181 e. The van der Waals surface area contributed by atoms with Gasteiger partial charge in [-0.15, -0.1) is 0 Å². The van der Waals surface area contributed by atoms with Crippen molar-refractivity contribution in [3.05, 3.63) is 46.9 Å². The summed E-state index contributed by atoms with van der Waals surface area (Å²) in [5.41, 5.74) is 0. The van der Waals surface area contributed by atoms with Gasteiger partial charge in [0, 0.05) is 26.0 Å². The van der Waals surface area contributed by atoms with Crippen LogP contribution < -0.4 is 9.78 Å². The van der Waals surface area contributed by atoms with E-state index in [0.29, 0.717) is 11.5 Å². The molecule has 0 radical (unpaired) electrons. The van der Waals surface area contributed by atoms with E-state index < -0.39 is 0 Å². The predicted molar refractivity (Wildman–Crippen MR) is 147 cm³/mol. The fraction of sp³-hybridized carbons (Fsp3) is 0.417. The second-order valence-electron chi connectivity index (χ2n) is 7.36. The Hall–Kier alpha value is -0.360. The molecule has 0 bridgehead atoms. The SMILES string of the molecule is CCCCC(I)OOc1c2ccccc2c(OOC(I)CCCC)c2cc(Br)ccc12. The van der Waals surface area contributed by atoms with E-state index in [1.165, 1.54) is 0 Å². The number of halogens is 3. The van der Waals surface area contributed by atoms with E-state index in [1.807, 2.05) is 42.5 Å². The van der Waals surface area contributed by atoms with Crippen LogP contribution in [-0.4, -0.2) is 8.22 Å². The zero-order chi connectivity index (χ0) is 22.2. The van der Waals surface area contributed by atoms with Crippen molar-refractivity contribution in [2.45, 2.75) is 60.6 Å². The molecule has 4 nitrogen and oxygen atoms in total. The highest BCUT2D eigenvalue weighted by atomic mass is 127. The van der Waals surface area contributed by atoms with E-state index in [2.05, 4.69) is 75.0 Å². The lowest BCUT2D eigenvalue weighted by Gasteiger charge is -2.18. The lowest BCUT2D eigenvalue weighted by molar-refractivity contribution is -0.214. The summed E-state index contributed by atoms with van der Waals surface area (Å²) in [6.07, 6.45) is 6.35. The molecule has 0 aliphatic heterocycles. The number of hydrogen-bond donors (Lipinski definition) is 0. The zero-order valence-electron chi connectivity index (χ0n) is 17.7. The quantitative estimate of drug-likeness (QED) is 0.0617. The zero-order valence-corrected chi connectivity index (χ0v) is 23.6. The van der Waals surface area contributed by atoms with E-state index in [4.69, 9.17) is 19.6 Å². The van der Waals surface area contributed by atoms with Crippen molar-refractivity contribution >= 4 is 82.7 Å². The van der Waals surface area contributed by atoms with Crippen molar-refractivity contribution in [3.8, 4) is 11.5 Å². The predicted octanol–water partition coefficient (Wildman–Crippen LogP) is 9.28. The molecule has 0 N–H and O–H groups in total. The normalized spacial score (nSPS) is 13.5. The smallest absolute Gasteiger partial charge is 0.181 e. The molecule has 0 aliphatic carbocycles. The fourth-order valence-electron chi connectivity index (χ4n) is 3.28. The Morgan fingerprint density at radius 2 is 1.23 bits per heavy atom. The van der Waals surface area contributed by atoms with Gasteiger partial charge in [0.05, 0.1) is 0 Å².